The van der Waals surface area contributed by atoms with Crippen molar-refractivity contribution in [3.05, 3.63) is 60.1 Å². The zero-order valence-electron chi connectivity index (χ0n) is 15.1. The maximum Gasteiger partial charge on any atom is 0.296 e. The molecule has 0 unspecified atom stereocenters. The Kier molecular flexibility index (Phi) is 5.74. The summed E-state index contributed by atoms with van der Waals surface area (Å²) in [7, 11) is -4.78. The Balaban J connectivity index is 2.22. The van der Waals surface area contributed by atoms with Gasteiger partial charge in [-0.15, -0.1) is 10.2 Å². The second kappa shape index (κ2) is 8.11. The Morgan fingerprint density at radius 1 is 1.10 bits per heavy atom. The van der Waals surface area contributed by atoms with Crippen LogP contribution in [0.15, 0.2) is 70.2 Å². The van der Waals surface area contributed by atoms with E-state index in [0.29, 0.717) is 5.69 Å². The van der Waals surface area contributed by atoms with Gasteiger partial charge in [0.05, 0.1) is 5.02 Å². The van der Waals surface area contributed by atoms with Crippen LogP contribution in [0.2, 0.25) is 5.02 Å². The standard InChI is InChI=1S/C19H14ClN3O6S/c1-2-17(25)21-11-4-3-10-7-16(30(27,28)29)18(19(26)13(10)8-11)23-22-15-9-12(24)5-6-14(15)20/h2-9,24,26H,1H2,(H,21,25)(H,27,28,29). The number of benzene rings is 3. The monoisotopic (exact) mass is 447 g/mol. The molecule has 3 aromatic carbocycles. The fraction of sp³-hybridized carbons (Fsp3) is 0. The number of halogens is 1. The van der Waals surface area contributed by atoms with Crippen LogP contribution in [0.1, 0.15) is 0 Å². The van der Waals surface area contributed by atoms with E-state index in [-0.39, 0.29) is 27.2 Å². The van der Waals surface area contributed by atoms with E-state index in [1.807, 2.05) is 0 Å². The molecule has 0 fully saturated rings. The third-order valence-electron chi connectivity index (χ3n) is 3.97. The lowest BCUT2D eigenvalue weighted by Gasteiger charge is -2.10. The minimum Gasteiger partial charge on any atom is -0.508 e. The van der Waals surface area contributed by atoms with Crippen LogP contribution in [0.4, 0.5) is 17.1 Å². The van der Waals surface area contributed by atoms with Gasteiger partial charge >= 0.3 is 0 Å². The van der Waals surface area contributed by atoms with Crippen LogP contribution in [0.3, 0.4) is 0 Å². The highest BCUT2D eigenvalue weighted by molar-refractivity contribution is 7.86. The number of carbonyl (C=O) groups is 1. The zero-order valence-corrected chi connectivity index (χ0v) is 16.6. The van der Waals surface area contributed by atoms with Crippen LogP contribution < -0.4 is 5.32 Å². The minimum atomic E-state index is -4.78. The predicted molar refractivity (Wildman–Crippen MR) is 112 cm³/mol. The number of anilines is 1. The van der Waals surface area contributed by atoms with Gasteiger partial charge in [-0.05, 0) is 41.8 Å². The molecule has 154 valence electrons. The van der Waals surface area contributed by atoms with Crippen LogP contribution in [-0.4, -0.2) is 29.1 Å². The molecule has 3 rings (SSSR count). The topological polar surface area (TPSA) is 149 Å². The number of hydrogen-bond donors (Lipinski definition) is 4. The van der Waals surface area contributed by atoms with Crippen molar-refractivity contribution in [1.29, 1.82) is 0 Å². The molecule has 1 amide bonds. The number of azo groups is 1. The molecule has 0 aromatic heterocycles. The summed E-state index contributed by atoms with van der Waals surface area (Å²) in [4.78, 5) is 10.8. The van der Waals surface area contributed by atoms with Gasteiger partial charge in [-0.1, -0.05) is 24.2 Å². The zero-order chi connectivity index (χ0) is 22.1. The summed E-state index contributed by atoms with van der Waals surface area (Å²) in [5, 5.41) is 30.7. The van der Waals surface area contributed by atoms with Crippen LogP contribution in [0.5, 0.6) is 11.5 Å². The Morgan fingerprint density at radius 3 is 2.50 bits per heavy atom. The van der Waals surface area contributed by atoms with Gasteiger partial charge in [0.15, 0.2) is 5.75 Å². The molecule has 0 radical (unpaired) electrons. The van der Waals surface area contributed by atoms with Crippen molar-refractivity contribution >= 4 is 55.5 Å². The molecular weight excluding hydrogens is 434 g/mol. The van der Waals surface area contributed by atoms with E-state index in [9.17, 15) is 28.0 Å². The summed E-state index contributed by atoms with van der Waals surface area (Å²) < 4.78 is 33.3. The maximum absolute atomic E-state index is 11.8. The Morgan fingerprint density at radius 2 is 1.83 bits per heavy atom. The number of aromatic hydroxyl groups is 2. The first-order valence-electron chi connectivity index (χ1n) is 8.21. The number of phenols is 2. The molecule has 0 aliphatic heterocycles. The second-order valence-corrected chi connectivity index (χ2v) is 7.81. The molecule has 30 heavy (non-hydrogen) atoms. The highest BCUT2D eigenvalue weighted by Gasteiger charge is 2.22. The SMILES string of the molecule is C=CC(=O)Nc1ccc2cc(S(=O)(=O)O)c(N=Nc3cc(O)ccc3Cl)c(O)c2c1. The van der Waals surface area contributed by atoms with Crippen molar-refractivity contribution in [2.24, 2.45) is 10.2 Å². The van der Waals surface area contributed by atoms with Crippen LogP contribution in [0, 0.1) is 0 Å². The van der Waals surface area contributed by atoms with E-state index in [1.165, 1.54) is 36.4 Å². The summed E-state index contributed by atoms with van der Waals surface area (Å²) in [5.74, 6) is -1.25. The van der Waals surface area contributed by atoms with Crippen molar-refractivity contribution in [3.63, 3.8) is 0 Å². The van der Waals surface area contributed by atoms with E-state index in [1.54, 1.807) is 0 Å². The number of amides is 1. The number of nitrogens with zero attached hydrogens (tertiary/aromatic N) is 2. The molecule has 0 bridgehead atoms. The summed E-state index contributed by atoms with van der Waals surface area (Å²) in [5.41, 5.74) is -0.234. The number of phenolic OH excluding ortho intramolecular Hbond substituents is 2. The lowest BCUT2D eigenvalue weighted by atomic mass is 10.1. The molecule has 11 heteroatoms. The predicted octanol–water partition coefficient (Wildman–Crippen LogP) is 4.69. The molecule has 3 aromatic rings. The first kappa shape index (κ1) is 21.2. The van der Waals surface area contributed by atoms with Gasteiger partial charge in [-0.2, -0.15) is 8.42 Å². The number of carbonyl (C=O) groups excluding carboxylic acids is 1. The molecule has 0 saturated carbocycles. The summed E-state index contributed by atoms with van der Waals surface area (Å²) in [6.07, 6.45) is 1.06. The quantitative estimate of drug-likeness (QED) is 0.253. The third-order valence-corrected chi connectivity index (χ3v) is 5.16. The lowest BCUT2D eigenvalue weighted by Crippen LogP contribution is -2.07. The van der Waals surface area contributed by atoms with Gasteiger partial charge in [-0.25, -0.2) is 0 Å². The fourth-order valence-electron chi connectivity index (χ4n) is 2.59. The molecule has 0 aliphatic carbocycles. The highest BCUT2D eigenvalue weighted by Crippen LogP contribution is 2.42. The second-order valence-electron chi connectivity index (χ2n) is 6.01. The molecule has 0 saturated heterocycles. The summed E-state index contributed by atoms with van der Waals surface area (Å²) in [6.45, 7) is 3.34. The molecule has 0 heterocycles. The summed E-state index contributed by atoms with van der Waals surface area (Å²) in [6, 6.07) is 9.25. The van der Waals surface area contributed by atoms with Gasteiger partial charge in [0.1, 0.15) is 22.0 Å². The van der Waals surface area contributed by atoms with Crippen LogP contribution in [0.25, 0.3) is 10.8 Å². The van der Waals surface area contributed by atoms with Crippen LogP contribution >= 0.6 is 11.6 Å². The third kappa shape index (κ3) is 4.40. The average molecular weight is 448 g/mol. The van der Waals surface area contributed by atoms with E-state index in [0.717, 1.165) is 12.1 Å². The largest absolute Gasteiger partial charge is 0.508 e. The number of nitrogens with one attached hydrogen (secondary N) is 1. The van der Waals surface area contributed by atoms with Crippen molar-refractivity contribution in [1.82, 2.24) is 0 Å². The van der Waals surface area contributed by atoms with Gasteiger partial charge in [-0.3, -0.25) is 9.35 Å². The smallest absolute Gasteiger partial charge is 0.296 e. The van der Waals surface area contributed by atoms with E-state index in [2.05, 4.69) is 22.1 Å². The van der Waals surface area contributed by atoms with Crippen molar-refractivity contribution < 1.29 is 28.0 Å². The molecule has 0 spiro atoms. The van der Waals surface area contributed by atoms with Gasteiger partial charge in [0, 0.05) is 17.1 Å². The normalized spacial score (nSPS) is 11.7. The van der Waals surface area contributed by atoms with Gasteiger partial charge < -0.3 is 15.5 Å². The Hall–Kier alpha value is -3.47. The molecule has 0 atom stereocenters. The van der Waals surface area contributed by atoms with Gasteiger partial charge in [0.25, 0.3) is 10.1 Å². The lowest BCUT2D eigenvalue weighted by molar-refractivity contribution is -0.111. The highest BCUT2D eigenvalue weighted by atomic mass is 35.5. The molecule has 9 nitrogen and oxygen atoms in total. The maximum atomic E-state index is 11.8. The average Bonchev–Trinajstić information content (AvgIpc) is 2.69. The van der Waals surface area contributed by atoms with Crippen molar-refractivity contribution in [2.45, 2.75) is 4.90 Å². The number of fused-ring (bicyclic) bond motifs is 1. The Labute approximate surface area is 175 Å². The number of rotatable bonds is 5. The first-order valence-corrected chi connectivity index (χ1v) is 10.0. The fourth-order valence-corrected chi connectivity index (χ4v) is 3.40. The minimum absolute atomic E-state index is 0.00412. The Bertz CT molecular complexity index is 1320. The van der Waals surface area contributed by atoms with Crippen LogP contribution in [-0.2, 0) is 14.9 Å². The van der Waals surface area contributed by atoms with E-state index >= 15 is 0 Å². The molecule has 4 N–H and O–H groups in total. The number of hydrogen-bond acceptors (Lipinski definition) is 7. The first-order chi connectivity index (χ1) is 14.1. The van der Waals surface area contributed by atoms with Gasteiger partial charge in [0.2, 0.25) is 5.91 Å². The van der Waals surface area contributed by atoms with E-state index in [4.69, 9.17) is 11.6 Å². The molecular formula is C19H14ClN3O6S. The van der Waals surface area contributed by atoms with E-state index < -0.39 is 32.4 Å². The van der Waals surface area contributed by atoms with Crippen molar-refractivity contribution in [3.8, 4) is 11.5 Å². The summed E-state index contributed by atoms with van der Waals surface area (Å²) >= 11 is 5.97. The molecule has 0 aliphatic rings. The van der Waals surface area contributed by atoms with Crippen molar-refractivity contribution in [2.75, 3.05) is 5.32 Å².